The largest absolute Gasteiger partial charge is 0.444 e. The molecule has 0 aromatic carbocycles. The Morgan fingerprint density at radius 3 is 2.17 bits per heavy atom. The summed E-state index contributed by atoms with van der Waals surface area (Å²) < 4.78 is 33.1. The Morgan fingerprint density at radius 2 is 1.71 bits per heavy atom. The van der Waals surface area contributed by atoms with Crippen molar-refractivity contribution in [1.29, 1.82) is 0 Å². The molecule has 1 unspecified atom stereocenters. The van der Waals surface area contributed by atoms with Crippen LogP contribution in [0.3, 0.4) is 0 Å². The highest BCUT2D eigenvalue weighted by Gasteiger charge is 2.52. The van der Waals surface area contributed by atoms with Crippen LogP contribution in [0.15, 0.2) is 0 Å². The van der Waals surface area contributed by atoms with Gasteiger partial charge in [0.1, 0.15) is 5.60 Å². The van der Waals surface area contributed by atoms with Gasteiger partial charge in [0, 0.05) is 31.6 Å². The number of carbonyl (C=O) groups is 1. The number of carbonyl (C=O) groups excluding carboxylic acids is 1. The van der Waals surface area contributed by atoms with Crippen LogP contribution in [0, 0.1) is 0 Å². The summed E-state index contributed by atoms with van der Waals surface area (Å²) in [6.07, 6.45) is 0.554. The number of amides is 1. The number of halogens is 2. The minimum Gasteiger partial charge on any atom is -0.444 e. The second-order valence-electron chi connectivity index (χ2n) is 8.60. The van der Waals surface area contributed by atoms with Gasteiger partial charge in [0.25, 0.3) is 5.92 Å². The summed E-state index contributed by atoms with van der Waals surface area (Å²) in [7, 11) is 0. The highest BCUT2D eigenvalue weighted by molar-refractivity contribution is 5.68. The van der Waals surface area contributed by atoms with Crippen molar-refractivity contribution in [3.63, 3.8) is 0 Å². The molecule has 0 saturated carbocycles. The van der Waals surface area contributed by atoms with Crippen molar-refractivity contribution >= 4 is 6.09 Å². The second kappa shape index (κ2) is 6.41. The normalized spacial score (nSPS) is 26.7. The molecular weight excluding hydrogens is 318 g/mol. The Bertz CT molecular complexity index is 463. The van der Waals surface area contributed by atoms with Crippen molar-refractivity contribution in [3.05, 3.63) is 0 Å². The predicted molar refractivity (Wildman–Crippen MR) is 87.2 cm³/mol. The molecule has 2 rings (SSSR count). The van der Waals surface area contributed by atoms with Crippen molar-refractivity contribution in [1.82, 2.24) is 9.80 Å². The monoisotopic (exact) mass is 348 g/mol. The van der Waals surface area contributed by atoms with E-state index in [9.17, 15) is 18.7 Å². The standard InChI is InChI=1S/C17H30F2N2O3/c1-15(2,3)24-14(22)20-8-6-12(7-9-20)21-11-17(18,19)10-13(21)16(4,5)23/h12-13,23H,6-11H2,1-5H3. The molecular formula is C17H30F2N2O3. The van der Waals surface area contributed by atoms with Crippen LogP contribution in [0.5, 0.6) is 0 Å². The van der Waals surface area contributed by atoms with Gasteiger partial charge < -0.3 is 14.7 Å². The number of rotatable bonds is 2. The molecule has 0 aromatic heterocycles. The van der Waals surface area contributed by atoms with Gasteiger partial charge >= 0.3 is 6.09 Å². The fraction of sp³-hybridized carbons (Fsp3) is 0.941. The molecule has 0 aromatic rings. The molecule has 2 fully saturated rings. The van der Waals surface area contributed by atoms with Crippen LogP contribution in [0.1, 0.15) is 53.9 Å². The maximum Gasteiger partial charge on any atom is 0.410 e. The minimum atomic E-state index is -2.77. The number of aliphatic hydroxyl groups is 1. The fourth-order valence-corrected chi connectivity index (χ4v) is 3.59. The van der Waals surface area contributed by atoms with Crippen LogP contribution in [-0.2, 0) is 4.74 Å². The zero-order valence-corrected chi connectivity index (χ0v) is 15.3. The fourth-order valence-electron chi connectivity index (χ4n) is 3.59. The molecule has 1 amide bonds. The molecule has 2 saturated heterocycles. The van der Waals surface area contributed by atoms with Crippen LogP contribution in [0.2, 0.25) is 0 Å². The van der Waals surface area contributed by atoms with Crippen LogP contribution < -0.4 is 0 Å². The van der Waals surface area contributed by atoms with Gasteiger partial charge in [0.05, 0.1) is 12.1 Å². The summed E-state index contributed by atoms with van der Waals surface area (Å²) in [6.45, 7) is 9.27. The molecule has 0 bridgehead atoms. The van der Waals surface area contributed by atoms with Crippen LogP contribution in [0.4, 0.5) is 13.6 Å². The lowest BCUT2D eigenvalue weighted by Crippen LogP contribution is -2.54. The molecule has 24 heavy (non-hydrogen) atoms. The molecule has 140 valence electrons. The lowest BCUT2D eigenvalue weighted by molar-refractivity contribution is -0.0303. The highest BCUT2D eigenvalue weighted by atomic mass is 19.3. The maximum atomic E-state index is 13.9. The van der Waals surface area contributed by atoms with Gasteiger partial charge in [0.2, 0.25) is 0 Å². The van der Waals surface area contributed by atoms with Gasteiger partial charge in [0.15, 0.2) is 0 Å². The Kier molecular flexibility index (Phi) is 5.17. The Labute approximate surface area is 142 Å². The van der Waals surface area contributed by atoms with Gasteiger partial charge in [-0.2, -0.15) is 0 Å². The van der Waals surface area contributed by atoms with Crippen LogP contribution in [0.25, 0.3) is 0 Å². The number of alkyl halides is 2. The molecule has 0 aliphatic carbocycles. The van der Waals surface area contributed by atoms with E-state index >= 15 is 0 Å². The summed E-state index contributed by atoms with van der Waals surface area (Å²) in [4.78, 5) is 15.5. The second-order valence-corrected chi connectivity index (χ2v) is 8.60. The molecule has 7 heteroatoms. The average Bonchev–Trinajstić information content (AvgIpc) is 2.73. The number of likely N-dealkylation sites (tertiary alicyclic amines) is 2. The van der Waals surface area contributed by atoms with E-state index in [2.05, 4.69) is 0 Å². The number of hydrogen-bond donors (Lipinski definition) is 1. The van der Waals surface area contributed by atoms with Gasteiger partial charge in [-0.05, 0) is 47.5 Å². The number of ether oxygens (including phenoxy) is 1. The molecule has 2 aliphatic heterocycles. The van der Waals surface area contributed by atoms with E-state index in [1.807, 2.05) is 20.8 Å². The third-order valence-corrected chi connectivity index (χ3v) is 4.71. The number of piperidine rings is 1. The first-order chi connectivity index (χ1) is 10.8. The SMILES string of the molecule is CC(C)(C)OC(=O)N1CCC(N2CC(F)(F)CC2C(C)(C)O)CC1. The Morgan fingerprint density at radius 1 is 1.17 bits per heavy atom. The van der Waals surface area contributed by atoms with E-state index in [1.54, 1.807) is 23.6 Å². The minimum absolute atomic E-state index is 0.0477. The predicted octanol–water partition coefficient (Wildman–Crippen LogP) is 2.87. The molecule has 0 radical (unpaired) electrons. The number of hydrogen-bond acceptors (Lipinski definition) is 4. The van der Waals surface area contributed by atoms with Crippen molar-refractivity contribution < 1.29 is 23.4 Å². The first-order valence-corrected chi connectivity index (χ1v) is 8.62. The third-order valence-electron chi connectivity index (χ3n) is 4.71. The Hall–Kier alpha value is -0.950. The van der Waals surface area contributed by atoms with Crippen LogP contribution in [-0.4, -0.2) is 69.8 Å². The molecule has 1 atom stereocenters. The molecule has 5 nitrogen and oxygen atoms in total. The molecule has 1 N–H and O–H groups in total. The van der Waals surface area contributed by atoms with E-state index in [1.165, 1.54) is 0 Å². The van der Waals surface area contributed by atoms with Crippen molar-refractivity contribution in [2.75, 3.05) is 19.6 Å². The first-order valence-electron chi connectivity index (χ1n) is 8.62. The lowest BCUT2D eigenvalue weighted by atomic mass is 9.93. The van der Waals surface area contributed by atoms with Crippen molar-refractivity contribution in [2.45, 2.75) is 83.1 Å². The quantitative estimate of drug-likeness (QED) is 0.834. The van der Waals surface area contributed by atoms with Gasteiger partial charge in [-0.25, -0.2) is 13.6 Å². The van der Waals surface area contributed by atoms with Gasteiger partial charge in [-0.3, -0.25) is 4.90 Å². The smallest absolute Gasteiger partial charge is 0.410 e. The summed E-state index contributed by atoms with van der Waals surface area (Å²) in [5.41, 5.74) is -1.72. The summed E-state index contributed by atoms with van der Waals surface area (Å²) >= 11 is 0. The van der Waals surface area contributed by atoms with Crippen LogP contribution >= 0.6 is 0 Å². The van der Waals surface area contributed by atoms with E-state index in [-0.39, 0.29) is 25.1 Å². The van der Waals surface area contributed by atoms with E-state index in [0.29, 0.717) is 25.9 Å². The zero-order chi connectivity index (χ0) is 18.3. The van der Waals surface area contributed by atoms with Crippen molar-refractivity contribution in [2.24, 2.45) is 0 Å². The summed E-state index contributed by atoms with van der Waals surface area (Å²) in [6, 6.07) is -0.612. The van der Waals surface area contributed by atoms with Gasteiger partial charge in [-0.1, -0.05) is 0 Å². The molecule has 0 spiro atoms. The Balaban J connectivity index is 1.97. The third kappa shape index (κ3) is 4.79. The van der Waals surface area contributed by atoms with E-state index < -0.39 is 23.2 Å². The van der Waals surface area contributed by atoms with Crippen molar-refractivity contribution in [3.8, 4) is 0 Å². The summed E-state index contributed by atoms with van der Waals surface area (Å²) in [5, 5.41) is 10.3. The molecule has 2 heterocycles. The number of nitrogens with zero attached hydrogens (tertiary/aromatic N) is 2. The zero-order valence-electron chi connectivity index (χ0n) is 15.3. The average molecular weight is 348 g/mol. The molecule has 2 aliphatic rings. The topological polar surface area (TPSA) is 53.0 Å². The van der Waals surface area contributed by atoms with Gasteiger partial charge in [-0.15, -0.1) is 0 Å². The van der Waals surface area contributed by atoms with E-state index in [0.717, 1.165) is 0 Å². The summed E-state index contributed by atoms with van der Waals surface area (Å²) in [5.74, 6) is -2.77. The maximum absolute atomic E-state index is 13.9. The van der Waals surface area contributed by atoms with E-state index in [4.69, 9.17) is 4.74 Å². The lowest BCUT2D eigenvalue weighted by Gasteiger charge is -2.42. The highest BCUT2D eigenvalue weighted by Crippen LogP contribution is 2.39. The first kappa shape index (κ1) is 19.4.